The molecule has 0 N–H and O–H groups in total. The number of carbonyl (C=O) groups is 1. The number of nitrogens with zero attached hydrogens (tertiary/aromatic N) is 2. The van der Waals surface area contributed by atoms with Gasteiger partial charge in [0.1, 0.15) is 0 Å². The quantitative estimate of drug-likeness (QED) is 0.704. The van der Waals surface area contributed by atoms with Crippen molar-refractivity contribution in [1.82, 2.24) is 9.80 Å². The number of halogens is 1. The van der Waals surface area contributed by atoms with Crippen LogP contribution in [0.3, 0.4) is 0 Å². The molecule has 0 bridgehead atoms. The van der Waals surface area contributed by atoms with Crippen molar-refractivity contribution >= 4 is 21.8 Å². The fraction of sp³-hybridized carbons (Fsp3) is 0.900. The van der Waals surface area contributed by atoms with Crippen LogP contribution >= 0.6 is 15.9 Å². The monoisotopic (exact) mass is 264 g/mol. The smallest absolute Gasteiger partial charge is 0.236 e. The minimum atomic E-state index is -0.0907. The zero-order valence-electron chi connectivity index (χ0n) is 9.75. The van der Waals surface area contributed by atoms with E-state index in [2.05, 4.69) is 27.8 Å². The molecular formula is C10H21BrN2O. The Morgan fingerprint density at radius 3 is 2.14 bits per heavy atom. The van der Waals surface area contributed by atoms with Crippen LogP contribution in [0.15, 0.2) is 0 Å². The van der Waals surface area contributed by atoms with Crippen molar-refractivity contribution in [2.45, 2.75) is 31.6 Å². The third-order valence-electron chi connectivity index (χ3n) is 2.13. The molecule has 0 fully saturated rings. The topological polar surface area (TPSA) is 23.6 Å². The van der Waals surface area contributed by atoms with Crippen LogP contribution in [0, 0.1) is 0 Å². The highest BCUT2D eigenvalue weighted by Crippen LogP contribution is 2.08. The van der Waals surface area contributed by atoms with Crippen LogP contribution in [0.5, 0.6) is 0 Å². The van der Waals surface area contributed by atoms with Gasteiger partial charge in [0.15, 0.2) is 0 Å². The average Bonchev–Trinajstić information content (AvgIpc) is 2.03. The summed E-state index contributed by atoms with van der Waals surface area (Å²) in [5, 5.41) is 0. The summed E-state index contributed by atoms with van der Waals surface area (Å²) in [6.07, 6.45) is 0. The predicted molar refractivity (Wildman–Crippen MR) is 63.8 cm³/mol. The van der Waals surface area contributed by atoms with Crippen LogP contribution in [0.4, 0.5) is 0 Å². The van der Waals surface area contributed by atoms with Gasteiger partial charge in [0.05, 0.1) is 4.83 Å². The maximum atomic E-state index is 11.8. The predicted octanol–water partition coefficient (Wildman–Crippen LogP) is 1.57. The van der Waals surface area contributed by atoms with E-state index in [1.807, 2.05) is 32.8 Å². The van der Waals surface area contributed by atoms with Crippen molar-refractivity contribution in [3.8, 4) is 0 Å². The summed E-state index contributed by atoms with van der Waals surface area (Å²) in [6.45, 7) is 7.63. The van der Waals surface area contributed by atoms with Gasteiger partial charge < -0.3 is 9.80 Å². The Kier molecular flexibility index (Phi) is 6.36. The molecule has 0 spiro atoms. The first kappa shape index (κ1) is 13.9. The zero-order valence-corrected chi connectivity index (χ0v) is 11.3. The molecule has 0 heterocycles. The third-order valence-corrected chi connectivity index (χ3v) is 2.52. The van der Waals surface area contributed by atoms with Crippen LogP contribution < -0.4 is 0 Å². The average molecular weight is 265 g/mol. The second-order valence-electron chi connectivity index (χ2n) is 3.85. The molecule has 0 aliphatic heterocycles. The van der Waals surface area contributed by atoms with Crippen molar-refractivity contribution in [3.05, 3.63) is 0 Å². The highest BCUT2D eigenvalue weighted by molar-refractivity contribution is 9.10. The maximum Gasteiger partial charge on any atom is 0.236 e. The molecule has 2 atom stereocenters. The van der Waals surface area contributed by atoms with Crippen LogP contribution in [-0.2, 0) is 4.79 Å². The molecule has 0 rings (SSSR count). The van der Waals surface area contributed by atoms with E-state index in [4.69, 9.17) is 0 Å². The molecule has 2 unspecified atom stereocenters. The number of hydrogen-bond acceptors (Lipinski definition) is 2. The molecule has 0 aromatic carbocycles. The molecule has 0 aromatic rings. The third kappa shape index (κ3) is 4.42. The standard InChI is InChI=1S/C10H21BrN2O/c1-6-13(10(14)9(3)11)8(2)7-12(4)5/h8-9H,6-7H2,1-5H3. The Hall–Kier alpha value is -0.0900. The Morgan fingerprint density at radius 1 is 1.36 bits per heavy atom. The van der Waals surface area contributed by atoms with Crippen LogP contribution in [0.2, 0.25) is 0 Å². The van der Waals surface area contributed by atoms with Gasteiger partial charge in [-0.1, -0.05) is 15.9 Å². The zero-order chi connectivity index (χ0) is 11.3. The van der Waals surface area contributed by atoms with Crippen LogP contribution in [-0.4, -0.2) is 53.8 Å². The van der Waals surface area contributed by atoms with Crippen molar-refractivity contribution in [2.24, 2.45) is 0 Å². The van der Waals surface area contributed by atoms with Gasteiger partial charge in [-0.3, -0.25) is 4.79 Å². The fourth-order valence-corrected chi connectivity index (χ4v) is 1.80. The molecule has 4 heteroatoms. The Labute approximate surface area is 95.6 Å². The highest BCUT2D eigenvalue weighted by atomic mass is 79.9. The summed E-state index contributed by atoms with van der Waals surface area (Å²) in [7, 11) is 4.04. The molecule has 0 aromatic heterocycles. The summed E-state index contributed by atoms with van der Waals surface area (Å²) in [6, 6.07) is 0.266. The summed E-state index contributed by atoms with van der Waals surface area (Å²) >= 11 is 3.31. The van der Waals surface area contributed by atoms with Crippen molar-refractivity contribution in [2.75, 3.05) is 27.2 Å². The molecule has 0 saturated heterocycles. The van der Waals surface area contributed by atoms with E-state index in [-0.39, 0.29) is 16.8 Å². The summed E-state index contributed by atoms with van der Waals surface area (Å²) < 4.78 is 0. The number of hydrogen-bond donors (Lipinski definition) is 0. The van der Waals surface area contributed by atoms with Gasteiger partial charge in [0.2, 0.25) is 5.91 Å². The van der Waals surface area contributed by atoms with E-state index < -0.39 is 0 Å². The fourth-order valence-electron chi connectivity index (χ4n) is 1.54. The first-order valence-corrected chi connectivity index (χ1v) is 5.91. The van der Waals surface area contributed by atoms with Crippen molar-refractivity contribution in [1.29, 1.82) is 0 Å². The number of likely N-dealkylation sites (N-methyl/N-ethyl adjacent to an activating group) is 2. The lowest BCUT2D eigenvalue weighted by Crippen LogP contribution is -2.46. The first-order valence-electron chi connectivity index (χ1n) is 4.99. The van der Waals surface area contributed by atoms with E-state index in [1.165, 1.54) is 0 Å². The number of amides is 1. The lowest BCUT2D eigenvalue weighted by atomic mass is 10.2. The number of carbonyl (C=O) groups excluding carboxylic acids is 1. The normalized spacial score (nSPS) is 15.4. The lowest BCUT2D eigenvalue weighted by molar-refractivity contribution is -0.132. The molecule has 14 heavy (non-hydrogen) atoms. The minimum absolute atomic E-state index is 0.0907. The van der Waals surface area contributed by atoms with E-state index in [9.17, 15) is 4.79 Å². The molecule has 3 nitrogen and oxygen atoms in total. The molecule has 0 saturated carbocycles. The number of rotatable bonds is 5. The SMILES string of the molecule is CCN(C(=O)C(C)Br)C(C)CN(C)C. The van der Waals surface area contributed by atoms with Crippen molar-refractivity contribution < 1.29 is 4.79 Å². The van der Waals surface area contributed by atoms with E-state index >= 15 is 0 Å². The van der Waals surface area contributed by atoms with Gasteiger partial charge in [-0.05, 0) is 34.9 Å². The molecule has 84 valence electrons. The Morgan fingerprint density at radius 2 is 1.86 bits per heavy atom. The van der Waals surface area contributed by atoms with E-state index in [1.54, 1.807) is 0 Å². The van der Waals surface area contributed by atoms with E-state index in [0.717, 1.165) is 13.1 Å². The van der Waals surface area contributed by atoms with Crippen molar-refractivity contribution in [3.63, 3.8) is 0 Å². The molecule has 0 aliphatic carbocycles. The molecule has 0 radical (unpaired) electrons. The summed E-state index contributed by atoms with van der Waals surface area (Å²) in [4.78, 5) is 15.7. The van der Waals surface area contributed by atoms with Gasteiger partial charge in [-0.25, -0.2) is 0 Å². The molecule has 0 aliphatic rings. The van der Waals surface area contributed by atoms with E-state index in [0.29, 0.717) is 0 Å². The Bertz CT molecular complexity index is 183. The molecule has 1 amide bonds. The maximum absolute atomic E-state index is 11.8. The summed E-state index contributed by atoms with van der Waals surface area (Å²) in [5.41, 5.74) is 0. The van der Waals surface area contributed by atoms with Gasteiger partial charge >= 0.3 is 0 Å². The van der Waals surface area contributed by atoms with Gasteiger partial charge in [-0.15, -0.1) is 0 Å². The van der Waals surface area contributed by atoms with Gasteiger partial charge in [0.25, 0.3) is 0 Å². The lowest BCUT2D eigenvalue weighted by Gasteiger charge is -2.31. The van der Waals surface area contributed by atoms with Gasteiger partial charge in [0, 0.05) is 19.1 Å². The largest absolute Gasteiger partial charge is 0.338 e. The second kappa shape index (κ2) is 6.40. The van der Waals surface area contributed by atoms with Gasteiger partial charge in [-0.2, -0.15) is 0 Å². The molecular weight excluding hydrogens is 244 g/mol. The Balaban J connectivity index is 4.32. The first-order chi connectivity index (χ1) is 6.40. The van der Waals surface area contributed by atoms with Crippen LogP contribution in [0.1, 0.15) is 20.8 Å². The minimum Gasteiger partial charge on any atom is -0.338 e. The summed E-state index contributed by atoms with van der Waals surface area (Å²) in [5.74, 6) is 0.168. The van der Waals surface area contributed by atoms with Crippen LogP contribution in [0.25, 0.3) is 0 Å². The number of alkyl halides is 1. The second-order valence-corrected chi connectivity index (χ2v) is 5.23. The highest BCUT2D eigenvalue weighted by Gasteiger charge is 2.21.